The number of fused-ring (bicyclic) bond motifs is 1. The summed E-state index contributed by atoms with van der Waals surface area (Å²) in [6.07, 6.45) is 2.48. The number of furan rings is 1. The molecule has 0 amide bonds. The first-order chi connectivity index (χ1) is 8.31. The molecule has 0 aliphatic carbocycles. The number of hydrogen-bond donors (Lipinski definition) is 1. The summed E-state index contributed by atoms with van der Waals surface area (Å²) in [5.41, 5.74) is 9.21. The Labute approximate surface area is 98.0 Å². The maximum absolute atomic E-state index is 5.74. The molecule has 0 unspecified atom stereocenters. The summed E-state index contributed by atoms with van der Waals surface area (Å²) in [6.45, 7) is 2.02. The first-order valence-electron chi connectivity index (χ1n) is 5.52. The number of nitrogens with zero attached hydrogens (tertiary/aromatic N) is 1. The second-order valence-corrected chi connectivity index (χ2v) is 3.87. The molecule has 2 heterocycles. The Kier molecular flexibility index (Phi) is 2.14. The van der Waals surface area contributed by atoms with E-state index in [4.69, 9.17) is 14.7 Å². The minimum absolute atomic E-state index is 0.382. The van der Waals surface area contributed by atoms with Crippen LogP contribution in [0.15, 0.2) is 39.5 Å². The number of anilines is 1. The zero-order valence-electron chi connectivity index (χ0n) is 9.43. The molecule has 86 valence electrons. The van der Waals surface area contributed by atoms with Crippen molar-refractivity contribution in [1.82, 2.24) is 5.16 Å². The lowest BCUT2D eigenvalue weighted by Gasteiger charge is -1.96. The molecular formula is C13H12N2O2. The van der Waals surface area contributed by atoms with Crippen LogP contribution in [0.1, 0.15) is 12.5 Å². The molecule has 3 rings (SSSR count). The number of hydrogen-bond acceptors (Lipinski definition) is 4. The third kappa shape index (κ3) is 1.41. The molecule has 17 heavy (non-hydrogen) atoms. The lowest BCUT2D eigenvalue weighted by atomic mass is 10.1. The van der Waals surface area contributed by atoms with E-state index in [-0.39, 0.29) is 0 Å². The van der Waals surface area contributed by atoms with Crippen molar-refractivity contribution in [2.24, 2.45) is 0 Å². The average Bonchev–Trinajstić information content (AvgIpc) is 2.92. The summed E-state index contributed by atoms with van der Waals surface area (Å²) in [7, 11) is 0. The quantitative estimate of drug-likeness (QED) is 0.731. The highest BCUT2D eigenvalue weighted by atomic mass is 16.5. The summed E-state index contributed by atoms with van der Waals surface area (Å²) in [4.78, 5) is 0. The fourth-order valence-electron chi connectivity index (χ4n) is 2.04. The number of aromatic nitrogens is 1. The van der Waals surface area contributed by atoms with Crippen LogP contribution >= 0.6 is 0 Å². The number of nitrogen functional groups attached to an aromatic ring is 1. The molecule has 0 saturated carbocycles. The van der Waals surface area contributed by atoms with E-state index < -0.39 is 0 Å². The number of rotatable bonds is 2. The molecule has 0 aliphatic heterocycles. The van der Waals surface area contributed by atoms with Crippen molar-refractivity contribution in [2.45, 2.75) is 13.3 Å². The van der Waals surface area contributed by atoms with Gasteiger partial charge in [-0.05, 0) is 12.5 Å². The Morgan fingerprint density at radius 1 is 1.29 bits per heavy atom. The van der Waals surface area contributed by atoms with Crippen molar-refractivity contribution in [3.8, 4) is 11.3 Å². The van der Waals surface area contributed by atoms with E-state index in [9.17, 15) is 0 Å². The summed E-state index contributed by atoms with van der Waals surface area (Å²) < 4.78 is 10.5. The van der Waals surface area contributed by atoms with Gasteiger partial charge in [0, 0.05) is 10.9 Å². The summed E-state index contributed by atoms with van der Waals surface area (Å²) >= 11 is 0. The highest BCUT2D eigenvalue weighted by Gasteiger charge is 2.17. The maximum atomic E-state index is 5.74. The van der Waals surface area contributed by atoms with Gasteiger partial charge in [0.1, 0.15) is 17.5 Å². The van der Waals surface area contributed by atoms with Crippen molar-refractivity contribution in [2.75, 3.05) is 5.73 Å². The van der Waals surface area contributed by atoms with Gasteiger partial charge in [0.15, 0.2) is 0 Å². The van der Waals surface area contributed by atoms with Crippen molar-refractivity contribution in [3.63, 3.8) is 0 Å². The van der Waals surface area contributed by atoms with E-state index in [1.807, 2.05) is 31.2 Å². The predicted octanol–water partition coefficient (Wildman–Crippen LogP) is 3.23. The minimum Gasteiger partial charge on any atom is -0.464 e. The highest BCUT2D eigenvalue weighted by Crippen LogP contribution is 2.34. The topological polar surface area (TPSA) is 65.2 Å². The van der Waals surface area contributed by atoms with Crippen molar-refractivity contribution >= 4 is 16.9 Å². The molecule has 0 radical (unpaired) electrons. The van der Waals surface area contributed by atoms with Crippen molar-refractivity contribution < 1.29 is 8.94 Å². The first kappa shape index (κ1) is 9.96. The summed E-state index contributed by atoms with van der Waals surface area (Å²) in [5, 5.41) is 5.04. The third-order valence-electron chi connectivity index (χ3n) is 2.91. The van der Waals surface area contributed by atoms with Crippen molar-refractivity contribution in [3.05, 3.63) is 36.1 Å². The van der Waals surface area contributed by atoms with Gasteiger partial charge < -0.3 is 14.7 Å². The van der Waals surface area contributed by atoms with Gasteiger partial charge in [-0.3, -0.25) is 0 Å². The number of benzene rings is 1. The monoisotopic (exact) mass is 228 g/mol. The van der Waals surface area contributed by atoms with E-state index >= 15 is 0 Å². The molecule has 0 bridgehead atoms. The van der Waals surface area contributed by atoms with Crippen LogP contribution in [0, 0.1) is 0 Å². The first-order valence-corrected chi connectivity index (χ1v) is 5.52. The fraction of sp³-hybridized carbons (Fsp3) is 0.154. The van der Waals surface area contributed by atoms with E-state index in [0.29, 0.717) is 5.88 Å². The van der Waals surface area contributed by atoms with Gasteiger partial charge in [0.2, 0.25) is 5.88 Å². The van der Waals surface area contributed by atoms with Crippen LogP contribution in [0.2, 0.25) is 0 Å². The molecule has 0 atom stereocenters. The van der Waals surface area contributed by atoms with Crippen molar-refractivity contribution in [1.29, 1.82) is 0 Å². The molecular weight excluding hydrogens is 216 g/mol. The Morgan fingerprint density at radius 3 is 2.94 bits per heavy atom. The second kappa shape index (κ2) is 3.66. The average molecular weight is 228 g/mol. The Morgan fingerprint density at radius 2 is 2.12 bits per heavy atom. The van der Waals surface area contributed by atoms with Crippen LogP contribution in [0.4, 0.5) is 5.88 Å². The normalized spacial score (nSPS) is 11.1. The molecule has 4 heteroatoms. The second-order valence-electron chi connectivity index (χ2n) is 3.87. The number of nitrogens with two attached hydrogens (primary N) is 1. The van der Waals surface area contributed by atoms with Crippen LogP contribution in [-0.2, 0) is 6.42 Å². The molecule has 0 fully saturated rings. The van der Waals surface area contributed by atoms with Crippen LogP contribution in [0.3, 0.4) is 0 Å². The smallest absolute Gasteiger partial charge is 0.225 e. The van der Waals surface area contributed by atoms with Crippen LogP contribution < -0.4 is 5.73 Å². The van der Waals surface area contributed by atoms with Gasteiger partial charge >= 0.3 is 0 Å². The largest absolute Gasteiger partial charge is 0.464 e. The maximum Gasteiger partial charge on any atom is 0.225 e. The Balaban J connectivity index is 2.27. The Hall–Kier alpha value is -2.23. The predicted molar refractivity (Wildman–Crippen MR) is 65.5 cm³/mol. The molecule has 4 nitrogen and oxygen atoms in total. The molecule has 3 aromatic rings. The minimum atomic E-state index is 0.382. The number of para-hydroxylation sites is 1. The van der Waals surface area contributed by atoms with Crippen LogP contribution in [-0.4, -0.2) is 5.16 Å². The van der Waals surface area contributed by atoms with Gasteiger partial charge in [-0.1, -0.05) is 30.3 Å². The molecule has 0 saturated heterocycles. The van der Waals surface area contributed by atoms with Gasteiger partial charge in [0.05, 0.1) is 5.56 Å². The molecule has 0 aliphatic rings. The lowest BCUT2D eigenvalue weighted by Crippen LogP contribution is -1.89. The SMILES string of the molecule is CCc1c(-c2coc3ccccc23)noc1N. The molecule has 2 aromatic heterocycles. The molecule has 0 spiro atoms. The summed E-state index contributed by atoms with van der Waals surface area (Å²) in [5.74, 6) is 0.382. The fourth-order valence-corrected chi connectivity index (χ4v) is 2.04. The van der Waals surface area contributed by atoms with Crippen LogP contribution in [0.5, 0.6) is 0 Å². The van der Waals surface area contributed by atoms with E-state index in [0.717, 1.165) is 34.2 Å². The zero-order valence-corrected chi connectivity index (χ0v) is 9.43. The van der Waals surface area contributed by atoms with E-state index in [2.05, 4.69) is 5.16 Å². The zero-order chi connectivity index (χ0) is 11.8. The van der Waals surface area contributed by atoms with E-state index in [1.54, 1.807) is 6.26 Å². The van der Waals surface area contributed by atoms with Gasteiger partial charge in [-0.25, -0.2) is 0 Å². The van der Waals surface area contributed by atoms with Gasteiger partial charge in [0.25, 0.3) is 0 Å². The van der Waals surface area contributed by atoms with Gasteiger partial charge in [-0.15, -0.1) is 0 Å². The third-order valence-corrected chi connectivity index (χ3v) is 2.91. The Bertz CT molecular complexity index is 667. The standard InChI is InChI=1S/C13H12N2O2/c1-2-8-12(15-17-13(8)14)10-7-16-11-6-4-3-5-9(10)11/h3-7H,2,14H2,1H3. The highest BCUT2D eigenvalue weighted by molar-refractivity contribution is 5.94. The summed E-state index contributed by atoms with van der Waals surface area (Å²) in [6, 6.07) is 7.83. The van der Waals surface area contributed by atoms with E-state index in [1.165, 1.54) is 0 Å². The lowest BCUT2D eigenvalue weighted by molar-refractivity contribution is 0.438. The molecule has 1 aromatic carbocycles. The molecule has 2 N–H and O–H groups in total. The van der Waals surface area contributed by atoms with Crippen LogP contribution in [0.25, 0.3) is 22.2 Å². The van der Waals surface area contributed by atoms with Gasteiger partial charge in [-0.2, -0.15) is 0 Å².